The molecule has 0 radical (unpaired) electrons. The lowest BCUT2D eigenvalue weighted by molar-refractivity contribution is 0.125. The fourth-order valence-corrected chi connectivity index (χ4v) is 2.94. The predicted molar refractivity (Wildman–Crippen MR) is 77.9 cm³/mol. The summed E-state index contributed by atoms with van der Waals surface area (Å²) in [5, 5.41) is 0.582. The van der Waals surface area contributed by atoms with E-state index in [4.69, 9.17) is 26.8 Å². The first kappa shape index (κ1) is 14.5. The van der Waals surface area contributed by atoms with Gasteiger partial charge in [-0.1, -0.05) is 24.9 Å². The molecule has 1 aromatic rings. The molecule has 2 N–H and O–H groups in total. The first-order valence-electron chi connectivity index (χ1n) is 6.87. The Morgan fingerprint density at radius 2 is 2.16 bits per heavy atom. The van der Waals surface area contributed by atoms with Gasteiger partial charge in [-0.15, -0.1) is 0 Å². The van der Waals surface area contributed by atoms with Gasteiger partial charge in [-0.25, -0.2) is 0 Å². The Morgan fingerprint density at radius 1 is 1.37 bits per heavy atom. The molecule has 2 rings (SSSR count). The molecule has 0 aliphatic heterocycles. The third-order valence-corrected chi connectivity index (χ3v) is 3.98. The van der Waals surface area contributed by atoms with E-state index in [9.17, 15) is 0 Å². The van der Waals surface area contributed by atoms with Crippen LogP contribution in [0.1, 0.15) is 38.2 Å². The van der Waals surface area contributed by atoms with Crippen LogP contribution in [0.4, 0.5) is 0 Å². The smallest absolute Gasteiger partial charge is 0.180 e. The van der Waals surface area contributed by atoms with E-state index >= 15 is 0 Å². The molecule has 0 spiro atoms. The summed E-state index contributed by atoms with van der Waals surface area (Å²) >= 11 is 6.29. The van der Waals surface area contributed by atoms with E-state index in [0.717, 1.165) is 18.4 Å². The van der Waals surface area contributed by atoms with Crippen LogP contribution in [-0.4, -0.2) is 13.2 Å². The molecule has 1 fully saturated rings. The average Bonchev–Trinajstić information content (AvgIpc) is 2.40. The molecule has 2 atom stereocenters. The Morgan fingerprint density at radius 3 is 2.79 bits per heavy atom. The second-order valence-corrected chi connectivity index (χ2v) is 5.73. The third-order valence-electron chi connectivity index (χ3n) is 3.70. The van der Waals surface area contributed by atoms with Crippen molar-refractivity contribution in [1.82, 2.24) is 0 Å². The van der Waals surface area contributed by atoms with Crippen molar-refractivity contribution < 1.29 is 9.47 Å². The minimum atomic E-state index is 0.235. The molecule has 0 bridgehead atoms. The van der Waals surface area contributed by atoms with Gasteiger partial charge in [0, 0.05) is 6.54 Å². The van der Waals surface area contributed by atoms with Crippen molar-refractivity contribution in [3.05, 3.63) is 22.7 Å². The molecular weight excluding hydrogens is 262 g/mol. The van der Waals surface area contributed by atoms with E-state index in [-0.39, 0.29) is 6.10 Å². The van der Waals surface area contributed by atoms with Crippen LogP contribution in [0, 0.1) is 5.92 Å². The number of methoxy groups -OCH3 is 1. The van der Waals surface area contributed by atoms with E-state index < -0.39 is 0 Å². The van der Waals surface area contributed by atoms with Crippen LogP contribution >= 0.6 is 11.6 Å². The fraction of sp³-hybridized carbons (Fsp3) is 0.600. The lowest BCUT2D eigenvalue weighted by Crippen LogP contribution is -2.24. The van der Waals surface area contributed by atoms with Crippen molar-refractivity contribution in [2.75, 3.05) is 7.11 Å². The summed E-state index contributed by atoms with van der Waals surface area (Å²) in [6, 6.07) is 3.75. The van der Waals surface area contributed by atoms with Gasteiger partial charge in [0.05, 0.1) is 18.2 Å². The van der Waals surface area contributed by atoms with Gasteiger partial charge in [0.25, 0.3) is 0 Å². The Hall–Kier alpha value is -0.930. The maximum Gasteiger partial charge on any atom is 0.180 e. The molecule has 19 heavy (non-hydrogen) atoms. The van der Waals surface area contributed by atoms with Crippen LogP contribution in [0.3, 0.4) is 0 Å². The van der Waals surface area contributed by atoms with E-state index in [0.29, 0.717) is 29.0 Å². The molecule has 0 amide bonds. The summed E-state index contributed by atoms with van der Waals surface area (Å²) in [6.45, 7) is 2.71. The van der Waals surface area contributed by atoms with Crippen LogP contribution in [0.15, 0.2) is 12.1 Å². The first-order valence-corrected chi connectivity index (χ1v) is 7.25. The zero-order valence-corrected chi connectivity index (χ0v) is 12.4. The monoisotopic (exact) mass is 283 g/mol. The lowest BCUT2D eigenvalue weighted by atomic mass is 9.89. The second kappa shape index (κ2) is 6.49. The molecule has 1 saturated carbocycles. The number of ether oxygens (including phenoxy) is 2. The Labute approximate surface area is 120 Å². The van der Waals surface area contributed by atoms with E-state index in [1.807, 2.05) is 12.1 Å². The maximum atomic E-state index is 6.29. The molecule has 4 heteroatoms. The largest absolute Gasteiger partial charge is 0.493 e. The van der Waals surface area contributed by atoms with Gasteiger partial charge in [-0.2, -0.15) is 0 Å². The van der Waals surface area contributed by atoms with Gasteiger partial charge in [-0.05, 0) is 42.9 Å². The lowest BCUT2D eigenvalue weighted by Gasteiger charge is -2.28. The predicted octanol–water partition coefficient (Wildman–Crippen LogP) is 3.76. The molecule has 1 aliphatic rings. The normalized spacial score (nSPS) is 23.2. The second-order valence-electron chi connectivity index (χ2n) is 5.32. The molecule has 3 nitrogen and oxygen atoms in total. The zero-order chi connectivity index (χ0) is 13.8. The van der Waals surface area contributed by atoms with Crippen LogP contribution in [0.25, 0.3) is 0 Å². The van der Waals surface area contributed by atoms with Gasteiger partial charge in [0.2, 0.25) is 0 Å². The molecule has 0 aromatic heterocycles. The molecular formula is C15H22ClNO2. The summed E-state index contributed by atoms with van der Waals surface area (Å²) in [7, 11) is 1.63. The van der Waals surface area contributed by atoms with Crippen molar-refractivity contribution in [1.29, 1.82) is 0 Å². The van der Waals surface area contributed by atoms with E-state index in [1.54, 1.807) is 7.11 Å². The van der Waals surface area contributed by atoms with Crippen molar-refractivity contribution in [2.24, 2.45) is 11.7 Å². The molecule has 0 saturated heterocycles. The quantitative estimate of drug-likeness (QED) is 0.915. The standard InChI is InChI=1S/C15H22ClNO2/c1-10-4-3-5-12(6-10)19-15-13(16)7-11(9-17)8-14(15)18-2/h7-8,10,12H,3-6,9,17H2,1-2H3. The molecule has 106 valence electrons. The summed E-state index contributed by atoms with van der Waals surface area (Å²) in [4.78, 5) is 0. The van der Waals surface area contributed by atoms with Crippen LogP contribution in [0.2, 0.25) is 5.02 Å². The minimum absolute atomic E-state index is 0.235. The number of nitrogens with two attached hydrogens (primary N) is 1. The molecule has 2 unspecified atom stereocenters. The molecule has 0 heterocycles. The van der Waals surface area contributed by atoms with Crippen LogP contribution in [-0.2, 0) is 6.54 Å². The average molecular weight is 284 g/mol. The number of halogens is 1. The van der Waals surface area contributed by atoms with Gasteiger partial charge in [0.1, 0.15) is 0 Å². The fourth-order valence-electron chi connectivity index (χ4n) is 2.66. The zero-order valence-electron chi connectivity index (χ0n) is 11.6. The van der Waals surface area contributed by atoms with E-state index in [2.05, 4.69) is 6.92 Å². The minimum Gasteiger partial charge on any atom is -0.493 e. The number of hydrogen-bond acceptors (Lipinski definition) is 3. The van der Waals surface area contributed by atoms with Crippen molar-refractivity contribution in [2.45, 2.75) is 45.3 Å². The molecule has 1 aromatic carbocycles. The SMILES string of the molecule is COc1cc(CN)cc(Cl)c1OC1CCCC(C)C1. The number of hydrogen-bond donors (Lipinski definition) is 1. The Kier molecular flexibility index (Phi) is 4.94. The van der Waals surface area contributed by atoms with Crippen molar-refractivity contribution in [3.63, 3.8) is 0 Å². The van der Waals surface area contributed by atoms with E-state index in [1.165, 1.54) is 12.8 Å². The Balaban J connectivity index is 2.18. The molecule has 1 aliphatic carbocycles. The third kappa shape index (κ3) is 3.54. The highest BCUT2D eigenvalue weighted by atomic mass is 35.5. The Bertz CT molecular complexity index is 436. The number of rotatable bonds is 4. The van der Waals surface area contributed by atoms with Gasteiger partial charge >= 0.3 is 0 Å². The highest BCUT2D eigenvalue weighted by Crippen LogP contribution is 2.39. The first-order chi connectivity index (χ1) is 9.13. The summed E-state index contributed by atoms with van der Waals surface area (Å²) in [6.07, 6.45) is 4.91. The summed E-state index contributed by atoms with van der Waals surface area (Å²) in [5.41, 5.74) is 6.59. The highest BCUT2D eigenvalue weighted by molar-refractivity contribution is 6.32. The summed E-state index contributed by atoms with van der Waals surface area (Å²) in [5.74, 6) is 2.04. The van der Waals surface area contributed by atoms with Crippen LogP contribution in [0.5, 0.6) is 11.5 Å². The highest BCUT2D eigenvalue weighted by Gasteiger charge is 2.23. The van der Waals surface area contributed by atoms with Crippen LogP contribution < -0.4 is 15.2 Å². The van der Waals surface area contributed by atoms with Gasteiger partial charge < -0.3 is 15.2 Å². The topological polar surface area (TPSA) is 44.5 Å². The van der Waals surface area contributed by atoms with Crippen molar-refractivity contribution in [3.8, 4) is 11.5 Å². The maximum absolute atomic E-state index is 6.29. The number of benzene rings is 1. The van der Waals surface area contributed by atoms with Gasteiger partial charge in [0.15, 0.2) is 11.5 Å². The van der Waals surface area contributed by atoms with Gasteiger partial charge in [-0.3, -0.25) is 0 Å². The van der Waals surface area contributed by atoms with Crippen molar-refractivity contribution >= 4 is 11.6 Å². The summed E-state index contributed by atoms with van der Waals surface area (Å²) < 4.78 is 11.5.